The van der Waals surface area contributed by atoms with E-state index in [9.17, 15) is 17.6 Å². The lowest BCUT2D eigenvalue weighted by molar-refractivity contribution is 0.429. The number of rotatable bonds is 3. The Morgan fingerprint density at radius 3 is 1.53 bits per heavy atom. The van der Waals surface area contributed by atoms with Gasteiger partial charge in [-0.1, -0.05) is 26.8 Å². The molecule has 0 aliphatic rings. The highest BCUT2D eigenvalue weighted by Crippen LogP contribution is 2.24. The van der Waals surface area contributed by atoms with Crippen molar-refractivity contribution < 1.29 is 17.6 Å². The van der Waals surface area contributed by atoms with Crippen LogP contribution in [0.2, 0.25) is 0 Å². The van der Waals surface area contributed by atoms with Crippen LogP contribution in [0.4, 0.5) is 17.6 Å². The van der Waals surface area contributed by atoms with Crippen molar-refractivity contribution in [3.8, 4) is 0 Å². The molecule has 0 heterocycles. The molecule has 0 unspecified atom stereocenters. The Balaban J connectivity index is 0.00000121. The first-order valence-electron chi connectivity index (χ1n) is 5.49. The molecule has 0 saturated heterocycles. The van der Waals surface area contributed by atoms with E-state index in [2.05, 4.69) is 6.58 Å². The Bertz CT molecular complexity index is 368. The van der Waals surface area contributed by atoms with E-state index < -0.39 is 34.4 Å². The SMILES string of the molecule is C=CCc1c(F)c(F)c(CC)c(F)c1F.CC. The summed E-state index contributed by atoms with van der Waals surface area (Å²) >= 11 is 0. The van der Waals surface area contributed by atoms with Gasteiger partial charge < -0.3 is 0 Å². The molecule has 0 aliphatic heterocycles. The summed E-state index contributed by atoms with van der Waals surface area (Å²) in [7, 11) is 0. The van der Waals surface area contributed by atoms with E-state index in [0.29, 0.717) is 0 Å². The first-order chi connectivity index (χ1) is 8.04. The second-order valence-corrected chi connectivity index (χ2v) is 3.06. The molecular formula is C13H16F4. The van der Waals surface area contributed by atoms with Gasteiger partial charge in [-0.05, 0) is 12.8 Å². The van der Waals surface area contributed by atoms with Crippen molar-refractivity contribution in [1.29, 1.82) is 0 Å². The molecule has 0 bridgehead atoms. The van der Waals surface area contributed by atoms with Crippen LogP contribution >= 0.6 is 0 Å². The second-order valence-electron chi connectivity index (χ2n) is 3.06. The largest absolute Gasteiger partial charge is 0.203 e. The van der Waals surface area contributed by atoms with Crippen LogP contribution in [0.1, 0.15) is 31.9 Å². The van der Waals surface area contributed by atoms with Crippen LogP contribution in [0.3, 0.4) is 0 Å². The number of hydrogen-bond donors (Lipinski definition) is 0. The molecule has 0 aliphatic carbocycles. The number of allylic oxidation sites excluding steroid dienone is 1. The van der Waals surface area contributed by atoms with Crippen LogP contribution in [-0.4, -0.2) is 0 Å². The topological polar surface area (TPSA) is 0 Å². The lowest BCUT2D eigenvalue weighted by atomic mass is 10.0. The molecule has 0 saturated carbocycles. The van der Waals surface area contributed by atoms with Crippen molar-refractivity contribution in [3.63, 3.8) is 0 Å². The zero-order valence-corrected chi connectivity index (χ0v) is 10.2. The molecule has 1 aromatic rings. The number of halogens is 4. The van der Waals surface area contributed by atoms with Gasteiger partial charge in [0.15, 0.2) is 23.3 Å². The fraction of sp³-hybridized carbons (Fsp3) is 0.385. The lowest BCUT2D eigenvalue weighted by Crippen LogP contribution is -2.07. The van der Waals surface area contributed by atoms with Gasteiger partial charge >= 0.3 is 0 Å². The summed E-state index contributed by atoms with van der Waals surface area (Å²) in [6.07, 6.45) is 0.849. The Morgan fingerprint density at radius 1 is 0.882 bits per heavy atom. The Kier molecular flexibility index (Phi) is 6.54. The van der Waals surface area contributed by atoms with Crippen LogP contribution < -0.4 is 0 Å². The highest BCUT2D eigenvalue weighted by atomic mass is 19.2. The molecule has 0 aromatic heterocycles. The summed E-state index contributed by atoms with van der Waals surface area (Å²) in [6, 6.07) is 0. The number of benzene rings is 1. The molecule has 0 N–H and O–H groups in total. The summed E-state index contributed by atoms with van der Waals surface area (Å²) in [4.78, 5) is 0. The van der Waals surface area contributed by atoms with Crippen molar-refractivity contribution >= 4 is 0 Å². The number of hydrogen-bond acceptors (Lipinski definition) is 0. The average Bonchev–Trinajstić information content (AvgIpc) is 2.35. The molecule has 0 nitrogen and oxygen atoms in total. The zero-order chi connectivity index (χ0) is 13.6. The Hall–Kier alpha value is -1.32. The summed E-state index contributed by atoms with van der Waals surface area (Å²) in [6.45, 7) is 8.69. The molecular weight excluding hydrogens is 232 g/mol. The standard InChI is InChI=1S/C11H10F4.C2H6/c1-3-5-7-10(14)8(12)6(4-2)9(13)11(7)15;1-2/h3H,1,4-5H2,2H3;1-2H3. The molecule has 0 atom stereocenters. The van der Waals surface area contributed by atoms with Crippen molar-refractivity contribution in [1.82, 2.24) is 0 Å². The normalized spacial score (nSPS) is 9.59. The van der Waals surface area contributed by atoms with Crippen LogP contribution in [0.15, 0.2) is 12.7 Å². The van der Waals surface area contributed by atoms with Gasteiger partial charge in [-0.15, -0.1) is 6.58 Å². The average molecular weight is 248 g/mol. The molecule has 0 spiro atoms. The molecule has 1 rings (SSSR count). The molecule has 0 amide bonds. The maximum absolute atomic E-state index is 13.2. The molecule has 0 radical (unpaired) electrons. The highest BCUT2D eigenvalue weighted by molar-refractivity contribution is 5.31. The van der Waals surface area contributed by atoms with Gasteiger partial charge in [-0.3, -0.25) is 0 Å². The first-order valence-corrected chi connectivity index (χ1v) is 5.49. The third-order valence-electron chi connectivity index (χ3n) is 2.15. The van der Waals surface area contributed by atoms with Crippen LogP contribution in [-0.2, 0) is 12.8 Å². The van der Waals surface area contributed by atoms with Crippen molar-refractivity contribution in [3.05, 3.63) is 47.1 Å². The minimum atomic E-state index is -1.33. The zero-order valence-electron chi connectivity index (χ0n) is 10.2. The monoisotopic (exact) mass is 248 g/mol. The fourth-order valence-electron chi connectivity index (χ4n) is 1.36. The Labute approximate surface area is 99.0 Å². The summed E-state index contributed by atoms with van der Waals surface area (Å²) < 4.78 is 52.9. The summed E-state index contributed by atoms with van der Waals surface area (Å²) in [5, 5.41) is 0. The molecule has 17 heavy (non-hydrogen) atoms. The quantitative estimate of drug-likeness (QED) is 0.418. The fourth-order valence-corrected chi connectivity index (χ4v) is 1.36. The second kappa shape index (κ2) is 7.09. The van der Waals surface area contributed by atoms with Gasteiger partial charge in [0.25, 0.3) is 0 Å². The summed E-state index contributed by atoms with van der Waals surface area (Å²) in [5.74, 6) is -5.28. The van der Waals surface area contributed by atoms with Gasteiger partial charge in [0, 0.05) is 11.1 Å². The molecule has 96 valence electrons. The molecule has 1 aromatic carbocycles. The summed E-state index contributed by atoms with van der Waals surface area (Å²) in [5.41, 5.74) is -1.17. The van der Waals surface area contributed by atoms with E-state index in [4.69, 9.17) is 0 Å². The van der Waals surface area contributed by atoms with Gasteiger partial charge in [0.1, 0.15) is 0 Å². The first kappa shape index (κ1) is 15.7. The van der Waals surface area contributed by atoms with E-state index in [1.807, 2.05) is 13.8 Å². The van der Waals surface area contributed by atoms with Crippen molar-refractivity contribution in [2.24, 2.45) is 0 Å². The minimum Gasteiger partial charge on any atom is -0.203 e. The third kappa shape index (κ3) is 3.08. The van der Waals surface area contributed by atoms with Crippen molar-refractivity contribution in [2.75, 3.05) is 0 Å². The predicted octanol–water partition coefficient (Wildman–Crippen LogP) is 4.56. The van der Waals surface area contributed by atoms with Crippen LogP contribution in [0.5, 0.6) is 0 Å². The van der Waals surface area contributed by atoms with E-state index in [-0.39, 0.29) is 12.8 Å². The van der Waals surface area contributed by atoms with Gasteiger partial charge in [0.2, 0.25) is 0 Å². The highest BCUT2D eigenvalue weighted by Gasteiger charge is 2.23. The van der Waals surface area contributed by atoms with E-state index in [1.54, 1.807) is 0 Å². The maximum Gasteiger partial charge on any atom is 0.165 e. The van der Waals surface area contributed by atoms with E-state index in [0.717, 1.165) is 0 Å². The third-order valence-corrected chi connectivity index (χ3v) is 2.15. The molecule has 4 heteroatoms. The van der Waals surface area contributed by atoms with Crippen LogP contribution in [0, 0.1) is 23.3 Å². The van der Waals surface area contributed by atoms with Gasteiger partial charge in [-0.25, -0.2) is 17.6 Å². The smallest absolute Gasteiger partial charge is 0.165 e. The van der Waals surface area contributed by atoms with Gasteiger partial charge in [0.05, 0.1) is 0 Å². The van der Waals surface area contributed by atoms with E-state index >= 15 is 0 Å². The minimum absolute atomic E-state index is 0.0973. The van der Waals surface area contributed by atoms with Gasteiger partial charge in [-0.2, -0.15) is 0 Å². The lowest BCUT2D eigenvalue weighted by Gasteiger charge is -2.09. The maximum atomic E-state index is 13.2. The molecule has 0 fully saturated rings. The predicted molar refractivity (Wildman–Crippen MR) is 60.9 cm³/mol. The van der Waals surface area contributed by atoms with Crippen LogP contribution in [0.25, 0.3) is 0 Å². The van der Waals surface area contributed by atoms with E-state index in [1.165, 1.54) is 13.0 Å². The Morgan fingerprint density at radius 2 is 1.24 bits per heavy atom. The van der Waals surface area contributed by atoms with Crippen molar-refractivity contribution in [2.45, 2.75) is 33.6 Å².